The van der Waals surface area contributed by atoms with Crippen molar-refractivity contribution in [2.45, 2.75) is 6.42 Å². The lowest BCUT2D eigenvalue weighted by Gasteiger charge is -2.25. The summed E-state index contributed by atoms with van der Waals surface area (Å²) in [5.74, 6) is 0. The molecule has 106 valence electrons. The molecule has 2 rings (SSSR count). The Kier molecular flexibility index (Phi) is 8.41. The molecule has 0 spiro atoms. The minimum atomic E-state index is -0.314. The largest absolute Gasteiger partial charge is 0.379 e. The molecular formula is C14H21ClN2O2. The minimum absolute atomic E-state index is 0.314. The highest BCUT2D eigenvalue weighted by Crippen LogP contribution is 2.00. The summed E-state index contributed by atoms with van der Waals surface area (Å²) in [6, 6.07) is 9.42. The Hall–Kier alpha value is -0.940. The molecule has 0 unspecified atom stereocenters. The molecule has 0 aliphatic carbocycles. The van der Waals surface area contributed by atoms with Crippen molar-refractivity contribution in [1.29, 1.82) is 0 Å². The zero-order chi connectivity index (χ0) is 13.9. The Morgan fingerprint density at radius 1 is 1.26 bits per heavy atom. The van der Waals surface area contributed by atoms with Crippen molar-refractivity contribution in [2.24, 2.45) is 5.73 Å². The highest BCUT2D eigenvalue weighted by Gasteiger charge is 2.07. The fraction of sp³-hybridized carbons (Fsp3) is 0.500. The van der Waals surface area contributed by atoms with E-state index in [-0.39, 0.29) is 5.24 Å². The smallest absolute Gasteiger partial charge is 0.226 e. The normalized spacial score (nSPS) is 15.5. The van der Waals surface area contributed by atoms with Crippen LogP contribution in [0.1, 0.15) is 5.56 Å². The molecular weight excluding hydrogens is 264 g/mol. The Balaban J connectivity index is 0.000000191. The number of ether oxygens (including phenoxy) is 1. The molecule has 1 aromatic carbocycles. The Bertz CT molecular complexity index is 351. The van der Waals surface area contributed by atoms with Gasteiger partial charge < -0.3 is 10.5 Å². The summed E-state index contributed by atoms with van der Waals surface area (Å²) >= 11 is 5.17. The molecule has 1 heterocycles. The van der Waals surface area contributed by atoms with Crippen LogP contribution >= 0.6 is 11.6 Å². The predicted octanol–water partition coefficient (Wildman–Crippen LogP) is 1.27. The maximum Gasteiger partial charge on any atom is 0.226 e. The Labute approximate surface area is 119 Å². The van der Waals surface area contributed by atoms with Gasteiger partial charge in [-0.3, -0.25) is 9.69 Å². The molecule has 0 saturated carbocycles. The van der Waals surface area contributed by atoms with Gasteiger partial charge in [-0.15, -0.1) is 0 Å². The van der Waals surface area contributed by atoms with Gasteiger partial charge in [0, 0.05) is 32.6 Å². The van der Waals surface area contributed by atoms with Crippen LogP contribution in [-0.2, 0) is 16.0 Å². The predicted molar refractivity (Wildman–Crippen MR) is 77.3 cm³/mol. The highest BCUT2D eigenvalue weighted by atomic mass is 35.5. The molecule has 0 radical (unpaired) electrons. The zero-order valence-corrected chi connectivity index (χ0v) is 11.8. The van der Waals surface area contributed by atoms with Gasteiger partial charge in [-0.25, -0.2) is 0 Å². The fourth-order valence-corrected chi connectivity index (χ4v) is 1.92. The SMILES string of the molecule is NCCN1CCOCC1.O=C(Cl)Cc1ccccc1. The third-order valence-electron chi connectivity index (χ3n) is 2.73. The Morgan fingerprint density at radius 2 is 1.89 bits per heavy atom. The van der Waals surface area contributed by atoms with E-state index in [4.69, 9.17) is 22.1 Å². The van der Waals surface area contributed by atoms with Gasteiger partial charge in [0.05, 0.1) is 13.2 Å². The van der Waals surface area contributed by atoms with Crippen LogP contribution in [0.15, 0.2) is 30.3 Å². The molecule has 1 aliphatic heterocycles. The quantitative estimate of drug-likeness (QED) is 0.846. The third kappa shape index (κ3) is 7.95. The molecule has 0 aromatic heterocycles. The number of carbonyl (C=O) groups is 1. The molecule has 0 bridgehead atoms. The van der Waals surface area contributed by atoms with E-state index in [1.165, 1.54) is 0 Å². The zero-order valence-electron chi connectivity index (χ0n) is 11.1. The van der Waals surface area contributed by atoms with Crippen LogP contribution in [0.25, 0.3) is 0 Å². The van der Waals surface area contributed by atoms with Crippen LogP contribution < -0.4 is 5.73 Å². The lowest BCUT2D eigenvalue weighted by Crippen LogP contribution is -2.39. The van der Waals surface area contributed by atoms with Crippen LogP contribution in [0, 0.1) is 0 Å². The van der Waals surface area contributed by atoms with Gasteiger partial charge in [0.1, 0.15) is 0 Å². The van der Waals surface area contributed by atoms with Gasteiger partial charge >= 0.3 is 0 Å². The molecule has 2 N–H and O–H groups in total. The van der Waals surface area contributed by atoms with E-state index >= 15 is 0 Å². The van der Waals surface area contributed by atoms with Crippen molar-refractivity contribution < 1.29 is 9.53 Å². The van der Waals surface area contributed by atoms with Crippen LogP contribution in [0.4, 0.5) is 0 Å². The van der Waals surface area contributed by atoms with Crippen molar-refractivity contribution >= 4 is 16.8 Å². The first-order chi connectivity index (χ1) is 9.22. The van der Waals surface area contributed by atoms with Crippen LogP contribution in [0.3, 0.4) is 0 Å². The van der Waals surface area contributed by atoms with E-state index in [1.807, 2.05) is 30.3 Å². The maximum atomic E-state index is 10.4. The number of halogens is 1. The van der Waals surface area contributed by atoms with Crippen LogP contribution in [0.2, 0.25) is 0 Å². The first kappa shape index (κ1) is 16.1. The number of carbonyl (C=O) groups excluding carboxylic acids is 1. The van der Waals surface area contributed by atoms with Crippen molar-refractivity contribution in [1.82, 2.24) is 4.90 Å². The second-order valence-electron chi connectivity index (χ2n) is 4.26. The molecule has 4 nitrogen and oxygen atoms in total. The molecule has 1 saturated heterocycles. The monoisotopic (exact) mass is 284 g/mol. The van der Waals surface area contributed by atoms with Crippen molar-refractivity contribution in [3.05, 3.63) is 35.9 Å². The van der Waals surface area contributed by atoms with Crippen molar-refractivity contribution in [3.63, 3.8) is 0 Å². The summed E-state index contributed by atoms with van der Waals surface area (Å²) in [5, 5.41) is -0.314. The van der Waals surface area contributed by atoms with Crippen LogP contribution in [-0.4, -0.2) is 49.5 Å². The molecule has 1 aliphatic rings. The summed E-state index contributed by atoms with van der Waals surface area (Å²) in [5.41, 5.74) is 6.34. The van der Waals surface area contributed by atoms with Crippen molar-refractivity contribution in [3.8, 4) is 0 Å². The first-order valence-electron chi connectivity index (χ1n) is 6.45. The number of nitrogens with zero attached hydrogens (tertiary/aromatic N) is 1. The summed E-state index contributed by atoms with van der Waals surface area (Å²) in [7, 11) is 0. The second-order valence-corrected chi connectivity index (χ2v) is 4.68. The lowest BCUT2D eigenvalue weighted by molar-refractivity contribution is -0.111. The average molecular weight is 285 g/mol. The molecule has 1 aromatic rings. The molecule has 0 atom stereocenters. The second kappa shape index (κ2) is 9.92. The van der Waals surface area contributed by atoms with Gasteiger partial charge in [0.2, 0.25) is 5.24 Å². The Morgan fingerprint density at radius 3 is 2.42 bits per heavy atom. The average Bonchev–Trinajstić information content (AvgIpc) is 2.41. The van der Waals surface area contributed by atoms with Gasteiger partial charge in [-0.1, -0.05) is 30.3 Å². The number of benzene rings is 1. The van der Waals surface area contributed by atoms with Gasteiger partial charge in [-0.2, -0.15) is 0 Å². The summed E-state index contributed by atoms with van der Waals surface area (Å²) < 4.78 is 5.16. The van der Waals surface area contributed by atoms with Gasteiger partial charge in [-0.05, 0) is 17.2 Å². The maximum absolute atomic E-state index is 10.4. The lowest BCUT2D eigenvalue weighted by atomic mass is 10.2. The van der Waals surface area contributed by atoms with Gasteiger partial charge in [0.15, 0.2) is 0 Å². The third-order valence-corrected chi connectivity index (χ3v) is 2.87. The van der Waals surface area contributed by atoms with E-state index in [0.29, 0.717) is 6.42 Å². The molecule has 19 heavy (non-hydrogen) atoms. The topological polar surface area (TPSA) is 55.6 Å². The van der Waals surface area contributed by atoms with Crippen LogP contribution in [0.5, 0.6) is 0 Å². The van der Waals surface area contributed by atoms with Gasteiger partial charge in [0.25, 0.3) is 0 Å². The standard InChI is InChI=1S/C8H7ClO.C6H14N2O/c9-8(10)6-7-4-2-1-3-5-7;7-1-2-8-3-5-9-6-4-8/h1-5H,6H2;1-7H2. The van der Waals surface area contributed by atoms with E-state index in [9.17, 15) is 4.79 Å². The number of hydrogen-bond acceptors (Lipinski definition) is 4. The molecule has 1 fully saturated rings. The number of rotatable bonds is 4. The van der Waals surface area contributed by atoms with E-state index < -0.39 is 0 Å². The number of hydrogen-bond donors (Lipinski definition) is 1. The summed E-state index contributed by atoms with van der Waals surface area (Å²) in [4.78, 5) is 12.7. The summed E-state index contributed by atoms with van der Waals surface area (Å²) in [6.07, 6.45) is 0.322. The fourth-order valence-electron chi connectivity index (χ4n) is 1.76. The van der Waals surface area contributed by atoms with E-state index in [1.54, 1.807) is 0 Å². The minimum Gasteiger partial charge on any atom is -0.379 e. The number of morpholine rings is 1. The first-order valence-corrected chi connectivity index (χ1v) is 6.82. The van der Waals surface area contributed by atoms with Crippen molar-refractivity contribution in [2.75, 3.05) is 39.4 Å². The van der Waals surface area contributed by atoms with E-state index in [2.05, 4.69) is 4.90 Å². The highest BCUT2D eigenvalue weighted by molar-refractivity contribution is 6.63. The molecule has 0 amide bonds. The van der Waals surface area contributed by atoms with E-state index in [0.717, 1.165) is 45.0 Å². The number of nitrogens with two attached hydrogens (primary N) is 1. The molecule has 5 heteroatoms. The summed E-state index contributed by atoms with van der Waals surface area (Å²) in [6.45, 7) is 5.64.